The van der Waals surface area contributed by atoms with Crippen LogP contribution in [0.1, 0.15) is 20.3 Å². The zero-order chi connectivity index (χ0) is 6.85. The molecule has 0 N–H and O–H groups in total. The average Bonchev–Trinajstić information content (AvgIpc) is 2.13. The number of allylic oxidation sites excluding steroid dienone is 4. The Labute approximate surface area is 105 Å². The third kappa shape index (κ3) is 4.94. The minimum atomic E-state index is 0. The van der Waals surface area contributed by atoms with Crippen molar-refractivity contribution in [3.05, 3.63) is 21.6 Å². The van der Waals surface area contributed by atoms with Gasteiger partial charge in [0.25, 0.3) is 0 Å². The van der Waals surface area contributed by atoms with Gasteiger partial charge in [-0.25, -0.2) is 0 Å². The quantitative estimate of drug-likeness (QED) is 0.412. The second-order valence-corrected chi connectivity index (χ2v) is 3.39. The second-order valence-electron chi connectivity index (χ2n) is 2.48. The zero-order valence-corrected chi connectivity index (χ0v) is 10.9. The fourth-order valence-electron chi connectivity index (χ4n) is 1.01. The summed E-state index contributed by atoms with van der Waals surface area (Å²) >= 11 is 2.20. The van der Waals surface area contributed by atoms with Crippen LogP contribution < -0.4 is 37.2 Å². The molecule has 12 heavy (non-hydrogen) atoms. The summed E-state index contributed by atoms with van der Waals surface area (Å²) in [6.45, 7) is 4.45. The third-order valence-corrected chi connectivity index (χ3v) is 2.64. The first kappa shape index (κ1) is 18.8. The van der Waals surface area contributed by atoms with Gasteiger partial charge in [0.2, 0.25) is 0 Å². The summed E-state index contributed by atoms with van der Waals surface area (Å²) in [7, 11) is 0. The molecule has 0 aromatic heterocycles. The van der Waals surface area contributed by atoms with Crippen molar-refractivity contribution in [3.8, 4) is 0 Å². The van der Waals surface area contributed by atoms with E-state index >= 15 is 0 Å². The number of halogens is 3. The molecule has 0 aliphatic heterocycles. The number of hydrogen-bond donors (Lipinski definition) is 0. The van der Waals surface area contributed by atoms with E-state index in [0.717, 1.165) is 0 Å². The minimum Gasteiger partial charge on any atom is -1.00 e. The molecule has 0 fully saturated rings. The van der Waals surface area contributed by atoms with E-state index in [1.807, 2.05) is 0 Å². The summed E-state index contributed by atoms with van der Waals surface area (Å²) in [5, 5.41) is 0. The molecule has 1 aliphatic carbocycles. The smallest absolute Gasteiger partial charge is 1.00 e. The normalized spacial score (nSPS) is 19.5. The summed E-state index contributed by atoms with van der Waals surface area (Å²) in [6.07, 6.45) is 5.82. The van der Waals surface area contributed by atoms with Crippen molar-refractivity contribution >= 4 is 0 Å². The number of hydrogen-bond acceptors (Lipinski definition) is 0. The van der Waals surface area contributed by atoms with Crippen LogP contribution >= 0.6 is 0 Å². The van der Waals surface area contributed by atoms with Crippen LogP contribution in [0.5, 0.6) is 0 Å². The van der Waals surface area contributed by atoms with Crippen LogP contribution in [0, 0.1) is 5.92 Å². The molecule has 0 aromatic rings. The molecule has 0 aromatic carbocycles. The van der Waals surface area contributed by atoms with E-state index in [4.69, 9.17) is 0 Å². The Morgan fingerprint density at radius 2 is 1.83 bits per heavy atom. The summed E-state index contributed by atoms with van der Waals surface area (Å²) in [4.78, 5) is 0. The Balaban J connectivity index is -0.000000270. The van der Waals surface area contributed by atoms with Gasteiger partial charge >= 0.3 is 68.2 Å². The largest absolute Gasteiger partial charge is 1.00 e. The van der Waals surface area contributed by atoms with Gasteiger partial charge in [-0.1, -0.05) is 0 Å². The zero-order valence-electron chi connectivity index (χ0n) is 7.07. The summed E-state index contributed by atoms with van der Waals surface area (Å²) < 4.78 is 1.51. The van der Waals surface area contributed by atoms with Crippen molar-refractivity contribution in [1.82, 2.24) is 0 Å². The maximum atomic E-state index is 2.34. The first-order chi connectivity index (χ1) is 4.24. The maximum Gasteiger partial charge on any atom is -1.00 e. The van der Waals surface area contributed by atoms with Gasteiger partial charge in [-0.05, 0) is 0 Å². The van der Waals surface area contributed by atoms with Crippen LogP contribution in [-0.2, 0) is 20.4 Å². The predicted molar refractivity (Wildman–Crippen MR) is 35.6 cm³/mol. The number of rotatable bonds is 1. The van der Waals surface area contributed by atoms with Gasteiger partial charge in [-0.2, -0.15) is 0 Å². The molecule has 1 unspecified atom stereocenters. The standard InChI is InChI=1S/C8H11.3ClH.Ti/c1-3-8-5-4-7(2)6-8;;;;/h5-7H,3H2,1-2H3;3*1H;/q;;;;+3/p-3. The molecule has 0 heterocycles. The third-order valence-electron chi connectivity index (χ3n) is 1.70. The second kappa shape index (κ2) is 8.65. The molecule has 0 nitrogen and oxygen atoms in total. The molecule has 0 radical (unpaired) electrons. The minimum absolute atomic E-state index is 0. The molecule has 1 rings (SSSR count). The van der Waals surface area contributed by atoms with Crippen LogP contribution in [0.4, 0.5) is 0 Å². The van der Waals surface area contributed by atoms with Crippen molar-refractivity contribution in [3.63, 3.8) is 0 Å². The Kier molecular flexibility index (Phi) is 13.5. The van der Waals surface area contributed by atoms with E-state index in [0.29, 0.717) is 5.92 Å². The SMILES string of the molecule is CCC1=CC(C)[C]([Ti+3])=C1.[Cl-].[Cl-].[Cl-]. The fraction of sp³-hybridized carbons (Fsp3) is 0.500. The first-order valence-corrected chi connectivity index (χ1v) is 4.16. The van der Waals surface area contributed by atoms with E-state index < -0.39 is 0 Å². The summed E-state index contributed by atoms with van der Waals surface area (Å²) in [5.41, 5.74) is 1.50. The summed E-state index contributed by atoms with van der Waals surface area (Å²) in [6, 6.07) is 0. The molecule has 0 bridgehead atoms. The van der Waals surface area contributed by atoms with E-state index in [9.17, 15) is 0 Å². The Morgan fingerprint density at radius 3 is 2.00 bits per heavy atom. The van der Waals surface area contributed by atoms with Gasteiger partial charge in [-0.15, -0.1) is 0 Å². The monoisotopic (exact) mass is 260 g/mol. The van der Waals surface area contributed by atoms with Crippen LogP contribution in [0.2, 0.25) is 0 Å². The molecule has 4 heteroatoms. The van der Waals surface area contributed by atoms with Gasteiger partial charge in [0, 0.05) is 0 Å². The fourth-order valence-corrected chi connectivity index (χ4v) is 1.43. The van der Waals surface area contributed by atoms with Crippen LogP contribution in [0.3, 0.4) is 0 Å². The molecule has 68 valence electrons. The van der Waals surface area contributed by atoms with E-state index in [2.05, 4.69) is 46.4 Å². The van der Waals surface area contributed by atoms with E-state index in [1.165, 1.54) is 15.9 Å². The van der Waals surface area contributed by atoms with Crippen molar-refractivity contribution in [2.75, 3.05) is 0 Å². The summed E-state index contributed by atoms with van der Waals surface area (Å²) in [5.74, 6) is 0.694. The topological polar surface area (TPSA) is 0 Å². The molecule has 0 saturated heterocycles. The first-order valence-electron chi connectivity index (χ1n) is 3.38. The van der Waals surface area contributed by atoms with Crippen LogP contribution in [-0.4, -0.2) is 0 Å². The average molecular weight is 261 g/mol. The molecule has 0 saturated carbocycles. The van der Waals surface area contributed by atoms with Gasteiger partial charge < -0.3 is 37.2 Å². The maximum absolute atomic E-state index is 2.34. The van der Waals surface area contributed by atoms with Gasteiger partial charge in [0.1, 0.15) is 0 Å². The molecular formula is C8H11Cl3Ti. The molecule has 0 amide bonds. The van der Waals surface area contributed by atoms with Crippen molar-refractivity contribution in [1.29, 1.82) is 0 Å². The van der Waals surface area contributed by atoms with Crippen LogP contribution in [0.25, 0.3) is 0 Å². The van der Waals surface area contributed by atoms with Gasteiger partial charge in [0.05, 0.1) is 0 Å². The van der Waals surface area contributed by atoms with Crippen molar-refractivity contribution in [2.24, 2.45) is 5.92 Å². The predicted octanol–water partition coefficient (Wildman–Crippen LogP) is -6.58. The van der Waals surface area contributed by atoms with Crippen molar-refractivity contribution < 1.29 is 57.7 Å². The van der Waals surface area contributed by atoms with Gasteiger partial charge in [-0.3, -0.25) is 0 Å². The van der Waals surface area contributed by atoms with E-state index in [1.54, 1.807) is 0 Å². The Bertz CT molecular complexity index is 175. The molecule has 1 atom stereocenters. The van der Waals surface area contributed by atoms with Crippen molar-refractivity contribution in [2.45, 2.75) is 20.3 Å². The molecular weight excluding hydrogens is 250 g/mol. The molecule has 1 aliphatic rings. The van der Waals surface area contributed by atoms with E-state index in [-0.39, 0.29) is 37.2 Å². The van der Waals surface area contributed by atoms with Gasteiger partial charge in [0.15, 0.2) is 0 Å². The van der Waals surface area contributed by atoms with Crippen LogP contribution in [0.15, 0.2) is 21.6 Å². The Hall–Kier alpha value is 1.06. The molecule has 0 spiro atoms. The Morgan fingerprint density at radius 1 is 1.33 bits per heavy atom.